The summed E-state index contributed by atoms with van der Waals surface area (Å²) in [7, 11) is 1.67. The SMILES string of the molecule is CCc1c(-c2ccccc2)nc2n[nH]c(N)c2c1-c1ccc(Cl)cc1.CCc1c(-c2ccccc2)nc2n[nH]c(N)c2c1-c1ccc(OC)cc1.CCc1c(-c2ccccc2)nc2n[nH]c(N)c2c1C1=CCc2ccccc21.O=C=O.O=C=O.O=C=O.[C-]#[N+]c1c(-c2ccccc2)nc2n[nH]c(-c3ccc(Cl)cc3)c2c1-c1ccc(Cl)cc1. The van der Waals surface area contributed by atoms with E-state index in [9.17, 15) is 0 Å². The van der Waals surface area contributed by atoms with Crippen molar-refractivity contribution in [3.63, 3.8) is 0 Å². The van der Waals surface area contributed by atoms with Crippen LogP contribution in [0.3, 0.4) is 0 Å². The maximum absolute atomic E-state index is 8.12. The first kappa shape index (κ1) is 82.4. The van der Waals surface area contributed by atoms with Crippen molar-refractivity contribution < 1.29 is 33.5 Å². The standard InChI is InChI=1S/C25H14Cl2N4.C23H20N4.C21H20N4O.C20H17ClN4.3CO2/c1-28-24-20(15-7-11-18(26)12-8-15)21-22(17-9-13-19(27)14-10-17)30-31-25(21)29-23(24)16-5-3-2-4-6-16;1-2-16-19(18-13-12-14-8-6-7-11-17(14)18)20-22(24)26-27-23(20)25-21(16)15-9-4-3-5-10-15;1-3-16-17(13-9-11-15(26-2)12-10-13)18-20(22)24-25-21(18)23-19(16)14-7-5-4-6-8-14;1-2-15-16(12-8-10-14(21)11-9-12)17-19(22)24-25-20(17)23-18(15)13-6-4-3-5-7-13;3*2-1-3/h2-14H,(H,29,30,31);3-11,13H,2,12H2,1H3,(H3,24,25,26,27);4-12H,3H2,1-2H3,(H3,22,23,24,25);3-11H,2H2,1H3,(H3,22,23,24,25);;;. The maximum atomic E-state index is 8.12. The number of aromatic nitrogens is 12. The fourth-order valence-electron chi connectivity index (χ4n) is 14.4. The van der Waals surface area contributed by atoms with E-state index in [4.69, 9.17) is 112 Å². The van der Waals surface area contributed by atoms with Gasteiger partial charge in [0.2, 0.25) is 5.69 Å². The molecule has 17 aromatic rings. The van der Waals surface area contributed by atoms with E-state index in [2.05, 4.69) is 133 Å². The van der Waals surface area contributed by atoms with Crippen LogP contribution in [0.4, 0.5) is 23.1 Å². The number of nitrogens with one attached hydrogen (secondary N) is 4. The number of allylic oxidation sites excluding steroid dienone is 1. The summed E-state index contributed by atoms with van der Waals surface area (Å²) in [5.41, 5.74) is 45.3. The number of H-pyrrole nitrogens is 4. The van der Waals surface area contributed by atoms with Crippen LogP contribution in [0.5, 0.6) is 5.75 Å². The van der Waals surface area contributed by atoms with Gasteiger partial charge >= 0.3 is 18.5 Å². The second kappa shape index (κ2) is 38.6. The Labute approximate surface area is 690 Å². The number of carbonyl (C=O) groups excluding carboxylic acids is 6. The van der Waals surface area contributed by atoms with Gasteiger partial charge in [0.15, 0.2) is 22.6 Å². The van der Waals surface area contributed by atoms with Crippen molar-refractivity contribution in [2.75, 3.05) is 24.3 Å². The minimum atomic E-state index is 0.250. The molecule has 10 N–H and O–H groups in total. The molecule has 0 fully saturated rings. The van der Waals surface area contributed by atoms with Crippen molar-refractivity contribution in [2.45, 2.75) is 46.5 Å². The molecule has 0 saturated carbocycles. The second-order valence-electron chi connectivity index (χ2n) is 26.0. The fraction of sp³-hybridized carbons (Fsp3) is 0.0870. The first-order valence-electron chi connectivity index (χ1n) is 36.8. The Kier molecular flexibility index (Phi) is 27.0. The zero-order valence-corrected chi connectivity index (χ0v) is 66.0. The van der Waals surface area contributed by atoms with Crippen LogP contribution in [0, 0.1) is 6.57 Å². The number of hydrogen-bond acceptors (Lipinski definition) is 18. The molecular formula is C92H71Cl3N16O7. The van der Waals surface area contributed by atoms with E-state index in [1.165, 1.54) is 22.3 Å². The number of anilines is 3. The average molecular weight is 1620 g/mol. The predicted octanol–water partition coefficient (Wildman–Crippen LogP) is 20.4. The number of aromatic amines is 4. The number of pyridine rings is 4. The van der Waals surface area contributed by atoms with Crippen molar-refractivity contribution in [1.82, 2.24) is 60.7 Å². The summed E-state index contributed by atoms with van der Waals surface area (Å²) < 4.78 is 5.30. The van der Waals surface area contributed by atoms with E-state index in [0.29, 0.717) is 66.5 Å². The van der Waals surface area contributed by atoms with Gasteiger partial charge < -0.3 is 21.9 Å². The summed E-state index contributed by atoms with van der Waals surface area (Å²) in [6.45, 7) is 14.5. The highest BCUT2D eigenvalue weighted by atomic mass is 35.5. The Morgan fingerprint density at radius 1 is 0.381 bits per heavy atom. The number of rotatable bonds is 13. The van der Waals surface area contributed by atoms with Gasteiger partial charge in [-0.2, -0.15) is 49.2 Å². The lowest BCUT2D eigenvalue weighted by atomic mass is 9.89. The minimum absolute atomic E-state index is 0.250. The molecule has 1 aliphatic carbocycles. The largest absolute Gasteiger partial charge is 0.497 e. The molecule has 26 heteroatoms. The number of hydrogen-bond donors (Lipinski definition) is 7. The molecule has 118 heavy (non-hydrogen) atoms. The molecular weight excluding hydrogens is 1550 g/mol. The average Bonchev–Trinajstić information content (AvgIpc) is 1.53. The highest BCUT2D eigenvalue weighted by Gasteiger charge is 2.28. The molecule has 0 bridgehead atoms. The topological polar surface area (TPSA) is 360 Å². The van der Waals surface area contributed by atoms with Crippen LogP contribution in [0.1, 0.15) is 54.2 Å². The summed E-state index contributed by atoms with van der Waals surface area (Å²) in [4.78, 5) is 71.9. The number of ether oxygens (including phenoxy) is 1. The molecule has 9 aromatic carbocycles. The van der Waals surface area contributed by atoms with Gasteiger partial charge in [0.25, 0.3) is 0 Å². The Morgan fingerprint density at radius 2 is 0.695 bits per heavy atom. The van der Waals surface area contributed by atoms with E-state index in [1.54, 1.807) is 7.11 Å². The van der Waals surface area contributed by atoms with Gasteiger partial charge in [-0.3, -0.25) is 20.4 Å². The van der Waals surface area contributed by atoms with Gasteiger partial charge in [-0.25, -0.2) is 24.8 Å². The van der Waals surface area contributed by atoms with Crippen LogP contribution >= 0.6 is 34.8 Å². The van der Waals surface area contributed by atoms with Gasteiger partial charge in [-0.1, -0.05) is 256 Å². The molecule has 8 aromatic heterocycles. The van der Waals surface area contributed by atoms with Crippen LogP contribution in [-0.2, 0) is 54.5 Å². The third-order valence-electron chi connectivity index (χ3n) is 19.4. The number of nitrogens with two attached hydrogens (primary N) is 3. The van der Waals surface area contributed by atoms with E-state index in [-0.39, 0.29) is 18.5 Å². The van der Waals surface area contributed by atoms with E-state index in [0.717, 1.165) is 154 Å². The molecule has 1 aliphatic rings. The van der Waals surface area contributed by atoms with Crippen LogP contribution < -0.4 is 21.9 Å². The van der Waals surface area contributed by atoms with Crippen molar-refractivity contribution in [1.29, 1.82) is 0 Å². The highest BCUT2D eigenvalue weighted by Crippen LogP contribution is 2.48. The monoisotopic (exact) mass is 1620 g/mol. The molecule has 0 unspecified atom stereocenters. The number of halogens is 3. The third kappa shape index (κ3) is 17.6. The van der Waals surface area contributed by atoms with Crippen molar-refractivity contribution in [2.24, 2.45) is 0 Å². The lowest BCUT2D eigenvalue weighted by molar-refractivity contribution is -0.193. The zero-order valence-electron chi connectivity index (χ0n) is 63.7. The number of fused-ring (bicyclic) bond motifs is 5. The number of nitrogens with zero attached hydrogens (tertiary/aromatic N) is 9. The minimum Gasteiger partial charge on any atom is -0.497 e. The van der Waals surface area contributed by atoms with Gasteiger partial charge in [-0.05, 0) is 130 Å². The van der Waals surface area contributed by atoms with Crippen LogP contribution in [0.15, 0.2) is 249 Å². The molecule has 23 nitrogen and oxygen atoms in total. The smallest absolute Gasteiger partial charge is 0.373 e. The van der Waals surface area contributed by atoms with Gasteiger partial charge in [-0.15, -0.1) is 0 Å². The van der Waals surface area contributed by atoms with Gasteiger partial charge in [0.1, 0.15) is 23.2 Å². The van der Waals surface area contributed by atoms with Gasteiger partial charge in [0.05, 0.1) is 58.3 Å². The van der Waals surface area contributed by atoms with E-state index < -0.39 is 0 Å². The maximum Gasteiger partial charge on any atom is 0.373 e. The molecule has 0 aliphatic heterocycles. The Morgan fingerprint density at radius 3 is 1.08 bits per heavy atom. The first-order chi connectivity index (χ1) is 57.6. The third-order valence-corrected chi connectivity index (χ3v) is 20.2. The van der Waals surface area contributed by atoms with E-state index >= 15 is 0 Å². The van der Waals surface area contributed by atoms with E-state index in [1.807, 2.05) is 182 Å². The predicted molar refractivity (Wildman–Crippen MR) is 461 cm³/mol. The summed E-state index contributed by atoms with van der Waals surface area (Å²) in [6.07, 6.45) is 6.53. The Bertz CT molecular complexity index is 6570. The summed E-state index contributed by atoms with van der Waals surface area (Å²) >= 11 is 18.3. The second-order valence-corrected chi connectivity index (χ2v) is 27.4. The van der Waals surface area contributed by atoms with Gasteiger partial charge in [0, 0.05) is 65.0 Å². The molecule has 0 spiro atoms. The zero-order chi connectivity index (χ0) is 83.4. The highest BCUT2D eigenvalue weighted by molar-refractivity contribution is 6.31. The van der Waals surface area contributed by atoms with Crippen molar-refractivity contribution in [3.05, 3.63) is 309 Å². The lowest BCUT2D eigenvalue weighted by Crippen LogP contribution is -2.02. The normalized spacial score (nSPS) is 10.8. The lowest BCUT2D eigenvalue weighted by Gasteiger charge is -2.17. The fourth-order valence-corrected chi connectivity index (χ4v) is 14.8. The molecule has 0 saturated heterocycles. The summed E-state index contributed by atoms with van der Waals surface area (Å²) in [5.74, 6) is 2.46. The van der Waals surface area contributed by atoms with Crippen LogP contribution in [0.2, 0.25) is 15.1 Å². The number of nitrogen functional groups attached to an aromatic ring is 3. The Hall–Kier alpha value is -15.1. The molecule has 18 rings (SSSR count). The summed E-state index contributed by atoms with van der Waals surface area (Å²) in [5, 5.41) is 34.7. The van der Waals surface area contributed by atoms with Crippen molar-refractivity contribution >= 4 is 126 Å². The molecule has 0 amide bonds. The molecule has 8 heterocycles. The molecule has 0 radical (unpaired) electrons. The van der Waals surface area contributed by atoms with Crippen LogP contribution in [-0.4, -0.2) is 86.3 Å². The quantitative estimate of drug-likeness (QED) is 0.0527. The number of benzene rings is 9. The van der Waals surface area contributed by atoms with Crippen molar-refractivity contribution in [3.8, 4) is 95.4 Å². The Balaban J connectivity index is 0.000000140. The van der Waals surface area contributed by atoms with Crippen LogP contribution in [0.25, 0.3) is 144 Å². The molecule has 582 valence electrons. The first-order valence-corrected chi connectivity index (χ1v) is 37.9. The summed E-state index contributed by atoms with van der Waals surface area (Å²) in [6, 6.07) is 79.7. The number of methoxy groups -OCH3 is 1. The molecule has 0 atom stereocenters.